The first kappa shape index (κ1) is 23.8. The highest BCUT2D eigenvalue weighted by atomic mass is 16.5. The average Bonchev–Trinajstić information content (AvgIpc) is 3.61. The molecule has 1 fully saturated rings. The van der Waals surface area contributed by atoms with Crippen LogP contribution in [0.4, 0.5) is 0 Å². The Bertz CT molecular complexity index is 895. The second-order valence-corrected chi connectivity index (χ2v) is 8.59. The lowest BCUT2D eigenvalue weighted by Gasteiger charge is -2.11. The number of rotatable bonds is 13. The van der Waals surface area contributed by atoms with Gasteiger partial charge in [0.15, 0.2) is 0 Å². The Labute approximate surface area is 191 Å². The van der Waals surface area contributed by atoms with Crippen LogP contribution in [0.5, 0.6) is 11.5 Å². The van der Waals surface area contributed by atoms with Gasteiger partial charge in [-0.1, -0.05) is 76.3 Å². The van der Waals surface area contributed by atoms with Crippen molar-refractivity contribution in [1.29, 1.82) is 0 Å². The van der Waals surface area contributed by atoms with Crippen LogP contribution in [-0.2, 0) is 4.79 Å². The first-order valence-electron chi connectivity index (χ1n) is 12.0. The molecule has 2 aromatic carbocycles. The number of benzene rings is 2. The molecule has 1 aliphatic rings. The van der Waals surface area contributed by atoms with Crippen LogP contribution in [0, 0.1) is 5.92 Å². The summed E-state index contributed by atoms with van der Waals surface area (Å²) in [5, 5.41) is 14.9. The predicted molar refractivity (Wildman–Crippen MR) is 129 cm³/mol. The zero-order valence-electron chi connectivity index (χ0n) is 19.3. The normalized spacial score (nSPS) is 17.8. The van der Waals surface area contributed by atoms with Gasteiger partial charge in [0.1, 0.15) is 11.5 Å². The van der Waals surface area contributed by atoms with E-state index in [1.807, 2.05) is 30.3 Å². The molecular formula is C27H36N2O3. The molecule has 0 saturated heterocycles. The highest BCUT2D eigenvalue weighted by molar-refractivity contribution is 6.03. The molecular weight excluding hydrogens is 400 g/mol. The molecule has 0 radical (unpaired) electrons. The maximum Gasteiger partial charge on any atom is 0.243 e. The fraction of sp³-hybridized carbons (Fsp3) is 0.481. The summed E-state index contributed by atoms with van der Waals surface area (Å²) in [6, 6.07) is 15.4. The highest BCUT2D eigenvalue weighted by Gasteiger charge is 2.43. The van der Waals surface area contributed by atoms with E-state index < -0.39 is 0 Å². The number of ether oxygens (including phenoxy) is 1. The molecule has 2 aromatic rings. The first-order chi connectivity index (χ1) is 15.6. The number of hydrogen-bond acceptors (Lipinski definition) is 4. The SMILES string of the molecule is CCCCCCCOc1ccc(C(CCC)=NNC(=O)[C@H]2C[C@H]2c2ccccc2)c(O)c1. The molecule has 5 heteroatoms. The molecule has 0 spiro atoms. The van der Waals surface area contributed by atoms with Gasteiger partial charge in [-0.2, -0.15) is 5.10 Å². The van der Waals surface area contributed by atoms with E-state index in [1.54, 1.807) is 6.07 Å². The number of phenols is 1. The van der Waals surface area contributed by atoms with E-state index in [-0.39, 0.29) is 23.5 Å². The van der Waals surface area contributed by atoms with Crippen LogP contribution in [0.2, 0.25) is 0 Å². The maximum absolute atomic E-state index is 12.6. The van der Waals surface area contributed by atoms with Crippen LogP contribution < -0.4 is 10.2 Å². The molecule has 32 heavy (non-hydrogen) atoms. The van der Waals surface area contributed by atoms with Crippen LogP contribution in [0.25, 0.3) is 0 Å². The van der Waals surface area contributed by atoms with Crippen LogP contribution in [-0.4, -0.2) is 23.3 Å². The third kappa shape index (κ3) is 6.84. The van der Waals surface area contributed by atoms with Crippen molar-refractivity contribution < 1.29 is 14.6 Å². The summed E-state index contributed by atoms with van der Waals surface area (Å²) in [5.41, 5.74) is 5.25. The second-order valence-electron chi connectivity index (χ2n) is 8.59. The Balaban J connectivity index is 1.56. The van der Waals surface area contributed by atoms with Gasteiger partial charge < -0.3 is 9.84 Å². The van der Waals surface area contributed by atoms with Crippen molar-refractivity contribution in [3.8, 4) is 11.5 Å². The van der Waals surface area contributed by atoms with E-state index in [9.17, 15) is 9.90 Å². The van der Waals surface area contributed by atoms with Crippen LogP contribution in [0.15, 0.2) is 53.6 Å². The number of hydrogen-bond donors (Lipinski definition) is 2. The van der Waals surface area contributed by atoms with Crippen molar-refractivity contribution in [3.63, 3.8) is 0 Å². The topological polar surface area (TPSA) is 70.9 Å². The van der Waals surface area contributed by atoms with Crippen molar-refractivity contribution in [3.05, 3.63) is 59.7 Å². The van der Waals surface area contributed by atoms with Crippen LogP contribution in [0.3, 0.4) is 0 Å². The van der Waals surface area contributed by atoms with Gasteiger partial charge in [-0.25, -0.2) is 5.43 Å². The summed E-state index contributed by atoms with van der Waals surface area (Å²) < 4.78 is 5.78. The Kier molecular flexibility index (Phi) is 9.14. The Morgan fingerprint density at radius 1 is 1.06 bits per heavy atom. The lowest BCUT2D eigenvalue weighted by atomic mass is 10.0. The molecule has 2 atom stereocenters. The smallest absolute Gasteiger partial charge is 0.243 e. The van der Waals surface area contributed by atoms with E-state index in [0.29, 0.717) is 30.1 Å². The van der Waals surface area contributed by atoms with Crippen molar-refractivity contribution in [1.82, 2.24) is 5.43 Å². The van der Waals surface area contributed by atoms with Crippen LogP contribution in [0.1, 0.15) is 82.3 Å². The summed E-state index contributed by atoms with van der Waals surface area (Å²) in [6.45, 7) is 4.91. The lowest BCUT2D eigenvalue weighted by molar-refractivity contribution is -0.122. The number of carbonyl (C=O) groups excluding carboxylic acids is 1. The number of nitrogens with one attached hydrogen (secondary N) is 1. The Morgan fingerprint density at radius 2 is 1.84 bits per heavy atom. The standard InChI is InChI=1S/C27H36N2O3/c1-3-5-6-7-11-17-32-21-15-16-22(26(30)18-21)25(12-4-2)28-29-27(31)24-19-23(24)20-13-9-8-10-14-20/h8-10,13-16,18,23-24,30H,3-7,11-12,17,19H2,1-2H3,(H,29,31)/t23-,24-/m0/s1. The number of hydrazone groups is 1. The van der Waals surface area contributed by atoms with E-state index in [4.69, 9.17) is 4.74 Å². The third-order valence-electron chi connectivity index (χ3n) is 5.94. The summed E-state index contributed by atoms with van der Waals surface area (Å²) in [7, 11) is 0. The number of amides is 1. The molecule has 0 aliphatic heterocycles. The minimum atomic E-state index is -0.0602. The zero-order valence-corrected chi connectivity index (χ0v) is 19.3. The molecule has 0 bridgehead atoms. The maximum atomic E-state index is 12.6. The van der Waals surface area contributed by atoms with Gasteiger partial charge in [0.05, 0.1) is 12.3 Å². The van der Waals surface area contributed by atoms with E-state index in [2.05, 4.69) is 36.5 Å². The third-order valence-corrected chi connectivity index (χ3v) is 5.94. The molecule has 1 aliphatic carbocycles. The van der Waals surface area contributed by atoms with Crippen molar-refractivity contribution in [2.24, 2.45) is 11.0 Å². The molecule has 2 N–H and O–H groups in total. The quantitative estimate of drug-likeness (QED) is 0.224. The highest BCUT2D eigenvalue weighted by Crippen LogP contribution is 2.47. The van der Waals surface area contributed by atoms with Crippen molar-refractivity contribution in [2.75, 3.05) is 6.61 Å². The Morgan fingerprint density at radius 3 is 2.56 bits per heavy atom. The predicted octanol–water partition coefficient (Wildman–Crippen LogP) is 6.17. The lowest BCUT2D eigenvalue weighted by Crippen LogP contribution is -2.22. The van der Waals surface area contributed by atoms with Gasteiger partial charge in [0.25, 0.3) is 0 Å². The average molecular weight is 437 g/mol. The number of nitrogens with zero attached hydrogens (tertiary/aromatic N) is 1. The van der Waals surface area contributed by atoms with Gasteiger partial charge in [-0.05, 0) is 42.9 Å². The molecule has 0 unspecified atom stereocenters. The molecule has 1 amide bonds. The summed E-state index contributed by atoms with van der Waals surface area (Å²) in [5.74, 6) is 0.961. The zero-order chi connectivity index (χ0) is 22.8. The van der Waals surface area contributed by atoms with Gasteiger partial charge in [-0.3, -0.25) is 4.79 Å². The fourth-order valence-electron chi connectivity index (χ4n) is 3.99. The minimum Gasteiger partial charge on any atom is -0.507 e. The molecule has 5 nitrogen and oxygen atoms in total. The van der Waals surface area contributed by atoms with Gasteiger partial charge in [-0.15, -0.1) is 0 Å². The van der Waals surface area contributed by atoms with Gasteiger partial charge >= 0.3 is 0 Å². The largest absolute Gasteiger partial charge is 0.507 e. The first-order valence-corrected chi connectivity index (χ1v) is 12.0. The number of unbranched alkanes of at least 4 members (excludes halogenated alkanes) is 4. The van der Waals surface area contributed by atoms with Crippen molar-refractivity contribution >= 4 is 11.6 Å². The molecule has 0 heterocycles. The van der Waals surface area contributed by atoms with E-state index >= 15 is 0 Å². The summed E-state index contributed by atoms with van der Waals surface area (Å²) in [6.07, 6.45) is 8.29. The van der Waals surface area contributed by atoms with Crippen LogP contribution >= 0.6 is 0 Å². The molecule has 0 aromatic heterocycles. The fourth-order valence-corrected chi connectivity index (χ4v) is 3.99. The number of carbonyl (C=O) groups is 1. The van der Waals surface area contributed by atoms with Gasteiger partial charge in [0.2, 0.25) is 5.91 Å². The summed E-state index contributed by atoms with van der Waals surface area (Å²) in [4.78, 5) is 12.6. The molecule has 1 saturated carbocycles. The summed E-state index contributed by atoms with van der Waals surface area (Å²) >= 11 is 0. The molecule has 172 valence electrons. The van der Waals surface area contributed by atoms with Gasteiger partial charge in [0, 0.05) is 17.5 Å². The monoisotopic (exact) mass is 436 g/mol. The second kappa shape index (κ2) is 12.3. The minimum absolute atomic E-state index is 0.0364. The number of aromatic hydroxyl groups is 1. The van der Waals surface area contributed by atoms with E-state index in [0.717, 1.165) is 25.7 Å². The number of phenolic OH excluding ortho intramolecular Hbond substituents is 1. The molecule has 3 rings (SSSR count). The van der Waals surface area contributed by atoms with Crippen molar-refractivity contribution in [2.45, 2.75) is 71.1 Å². The van der Waals surface area contributed by atoms with E-state index in [1.165, 1.54) is 24.8 Å². The Hall–Kier alpha value is -2.82.